The van der Waals surface area contributed by atoms with Crippen molar-refractivity contribution in [2.24, 2.45) is 5.92 Å². The van der Waals surface area contributed by atoms with Crippen molar-refractivity contribution in [3.8, 4) is 5.75 Å². The summed E-state index contributed by atoms with van der Waals surface area (Å²) in [5.41, 5.74) is 0. The number of esters is 1. The van der Waals surface area contributed by atoms with Gasteiger partial charge in [-0.05, 0) is 25.8 Å². The number of rotatable bonds is 5. The van der Waals surface area contributed by atoms with Crippen LogP contribution in [0.1, 0.15) is 19.8 Å². The Morgan fingerprint density at radius 2 is 1.88 bits per heavy atom. The third kappa shape index (κ3) is 3.96. The molecule has 0 aromatic heterocycles. The van der Waals surface area contributed by atoms with E-state index in [1.165, 1.54) is 23.5 Å². The zero-order chi connectivity index (χ0) is 17.9. The summed E-state index contributed by atoms with van der Waals surface area (Å²) in [4.78, 5) is 11.7. The number of hydrogen-bond acceptors (Lipinski definition) is 5. The summed E-state index contributed by atoms with van der Waals surface area (Å²) < 4.78 is 36.9. The number of nitrogens with zero attached hydrogens (tertiary/aromatic N) is 1. The first-order chi connectivity index (χ1) is 11.3. The van der Waals surface area contributed by atoms with E-state index in [1.807, 2.05) is 0 Å². The summed E-state index contributed by atoms with van der Waals surface area (Å²) in [7, 11) is -2.37. The summed E-state index contributed by atoms with van der Waals surface area (Å²) in [6.45, 7) is 2.52. The highest BCUT2D eigenvalue weighted by Crippen LogP contribution is 2.35. The Morgan fingerprint density at radius 3 is 2.42 bits per heavy atom. The van der Waals surface area contributed by atoms with Crippen molar-refractivity contribution in [3.05, 3.63) is 22.2 Å². The minimum atomic E-state index is -3.79. The van der Waals surface area contributed by atoms with Gasteiger partial charge in [-0.15, -0.1) is 0 Å². The van der Waals surface area contributed by atoms with Crippen LogP contribution < -0.4 is 4.74 Å². The lowest BCUT2D eigenvalue weighted by Crippen LogP contribution is -2.40. The summed E-state index contributed by atoms with van der Waals surface area (Å²) in [6, 6.07) is 2.66. The smallest absolute Gasteiger partial charge is 0.309 e. The maximum absolute atomic E-state index is 12.8. The van der Waals surface area contributed by atoms with Crippen LogP contribution >= 0.6 is 23.2 Å². The van der Waals surface area contributed by atoms with E-state index in [0.717, 1.165) is 0 Å². The molecule has 134 valence electrons. The van der Waals surface area contributed by atoms with Crippen LogP contribution in [-0.2, 0) is 19.6 Å². The molecule has 0 aliphatic carbocycles. The summed E-state index contributed by atoms with van der Waals surface area (Å²) in [6.07, 6.45) is 0.832. The lowest BCUT2D eigenvalue weighted by molar-refractivity contribution is -0.149. The van der Waals surface area contributed by atoms with Crippen LogP contribution in [-0.4, -0.2) is 45.5 Å². The van der Waals surface area contributed by atoms with Gasteiger partial charge in [0, 0.05) is 19.2 Å². The molecule has 1 aliphatic rings. The topological polar surface area (TPSA) is 72.9 Å². The molecule has 1 aliphatic heterocycles. The van der Waals surface area contributed by atoms with Crippen LogP contribution in [0.4, 0.5) is 0 Å². The molecule has 0 unspecified atom stereocenters. The molecule has 0 radical (unpaired) electrons. The van der Waals surface area contributed by atoms with E-state index in [1.54, 1.807) is 6.92 Å². The Kier molecular flexibility index (Phi) is 6.36. The molecule has 0 spiro atoms. The van der Waals surface area contributed by atoms with Crippen molar-refractivity contribution < 1.29 is 22.7 Å². The summed E-state index contributed by atoms with van der Waals surface area (Å²) in [5.74, 6) is -0.243. The number of hydrogen-bond donors (Lipinski definition) is 0. The molecule has 1 aromatic rings. The van der Waals surface area contributed by atoms with E-state index in [4.69, 9.17) is 32.7 Å². The fourth-order valence-electron chi connectivity index (χ4n) is 2.60. The number of piperidine rings is 1. The highest BCUT2D eigenvalue weighted by molar-refractivity contribution is 7.89. The molecule has 6 nitrogen and oxygen atoms in total. The van der Waals surface area contributed by atoms with E-state index < -0.39 is 10.0 Å². The second-order valence-corrected chi connectivity index (χ2v) is 8.07. The van der Waals surface area contributed by atoms with Gasteiger partial charge in [-0.2, -0.15) is 4.31 Å². The molecule has 0 saturated carbocycles. The standard InChI is InChI=1S/C15H19Cl2NO5S/c1-3-23-15(19)10-4-6-18(7-5-10)24(20,21)14-9-11(16)13(22-2)8-12(14)17/h8-10H,3-7H2,1-2H3. The first kappa shape index (κ1) is 19.3. The van der Waals surface area contributed by atoms with Crippen LogP contribution in [0, 0.1) is 5.92 Å². The van der Waals surface area contributed by atoms with Crippen molar-refractivity contribution in [1.29, 1.82) is 0 Å². The van der Waals surface area contributed by atoms with Gasteiger partial charge >= 0.3 is 5.97 Å². The van der Waals surface area contributed by atoms with Gasteiger partial charge in [0.05, 0.1) is 29.7 Å². The zero-order valence-corrected chi connectivity index (χ0v) is 15.7. The van der Waals surface area contributed by atoms with E-state index in [0.29, 0.717) is 25.2 Å². The Hall–Kier alpha value is -1.02. The van der Waals surface area contributed by atoms with Gasteiger partial charge in [0.1, 0.15) is 10.6 Å². The third-order valence-corrected chi connectivity index (χ3v) is 6.56. The molecule has 24 heavy (non-hydrogen) atoms. The second kappa shape index (κ2) is 7.91. The Morgan fingerprint density at radius 1 is 1.25 bits per heavy atom. The Bertz CT molecular complexity index is 715. The van der Waals surface area contributed by atoms with Gasteiger partial charge in [-0.1, -0.05) is 23.2 Å². The fourth-order valence-corrected chi connectivity index (χ4v) is 4.89. The maximum atomic E-state index is 12.8. The lowest BCUT2D eigenvalue weighted by Gasteiger charge is -2.30. The second-order valence-electron chi connectivity index (χ2n) is 5.35. The predicted octanol–water partition coefficient (Wildman–Crippen LogP) is 2.97. The number of sulfonamides is 1. The number of methoxy groups -OCH3 is 1. The quantitative estimate of drug-likeness (QED) is 0.716. The molecule has 0 atom stereocenters. The first-order valence-electron chi connectivity index (χ1n) is 7.51. The molecule has 1 saturated heterocycles. The van der Waals surface area contributed by atoms with Crippen molar-refractivity contribution >= 4 is 39.2 Å². The highest BCUT2D eigenvalue weighted by atomic mass is 35.5. The molecule has 1 aromatic carbocycles. The van der Waals surface area contributed by atoms with Crippen molar-refractivity contribution in [2.75, 3.05) is 26.8 Å². The summed E-state index contributed by atoms with van der Waals surface area (Å²) in [5, 5.41) is 0.214. The van der Waals surface area contributed by atoms with Gasteiger partial charge in [0.2, 0.25) is 10.0 Å². The Balaban J connectivity index is 2.18. The van der Waals surface area contributed by atoms with Gasteiger partial charge in [0.25, 0.3) is 0 Å². The van der Waals surface area contributed by atoms with Gasteiger partial charge in [0.15, 0.2) is 0 Å². The SMILES string of the molecule is CCOC(=O)C1CCN(S(=O)(=O)c2cc(Cl)c(OC)cc2Cl)CC1. The number of carbonyl (C=O) groups excluding carboxylic acids is 1. The van der Waals surface area contributed by atoms with E-state index >= 15 is 0 Å². The van der Waals surface area contributed by atoms with Gasteiger partial charge < -0.3 is 9.47 Å². The normalized spacial score (nSPS) is 16.8. The maximum Gasteiger partial charge on any atom is 0.309 e. The van der Waals surface area contributed by atoms with Crippen LogP contribution in [0.3, 0.4) is 0 Å². The highest BCUT2D eigenvalue weighted by Gasteiger charge is 2.34. The van der Waals surface area contributed by atoms with Gasteiger partial charge in [-0.25, -0.2) is 8.42 Å². The Labute approximate surface area is 151 Å². The zero-order valence-electron chi connectivity index (χ0n) is 13.4. The molecule has 1 heterocycles. The van der Waals surface area contributed by atoms with Crippen LogP contribution in [0.15, 0.2) is 17.0 Å². The molecule has 9 heteroatoms. The van der Waals surface area contributed by atoms with Gasteiger partial charge in [-0.3, -0.25) is 4.79 Å². The molecular formula is C15H19Cl2NO5S. The van der Waals surface area contributed by atoms with Crippen molar-refractivity contribution in [1.82, 2.24) is 4.31 Å². The first-order valence-corrected chi connectivity index (χ1v) is 9.70. The average molecular weight is 396 g/mol. The monoisotopic (exact) mass is 395 g/mol. The summed E-state index contributed by atoms with van der Waals surface area (Å²) >= 11 is 12.1. The third-order valence-electron chi connectivity index (χ3n) is 3.90. The van der Waals surface area contributed by atoms with E-state index in [9.17, 15) is 13.2 Å². The number of carbonyl (C=O) groups is 1. The minimum absolute atomic E-state index is 0.0452. The largest absolute Gasteiger partial charge is 0.495 e. The molecule has 0 amide bonds. The predicted molar refractivity (Wildman–Crippen MR) is 91.1 cm³/mol. The minimum Gasteiger partial charge on any atom is -0.495 e. The molecule has 0 N–H and O–H groups in total. The molecule has 2 rings (SSSR count). The molecule has 1 fully saturated rings. The fraction of sp³-hybridized carbons (Fsp3) is 0.533. The molecule has 0 bridgehead atoms. The molecular weight excluding hydrogens is 377 g/mol. The van der Waals surface area contributed by atoms with Crippen molar-refractivity contribution in [2.45, 2.75) is 24.7 Å². The number of ether oxygens (including phenoxy) is 2. The number of halogens is 2. The average Bonchev–Trinajstić information content (AvgIpc) is 2.56. The van der Waals surface area contributed by atoms with Crippen LogP contribution in [0.25, 0.3) is 0 Å². The lowest BCUT2D eigenvalue weighted by atomic mass is 9.98. The number of benzene rings is 1. The van der Waals surface area contributed by atoms with E-state index in [2.05, 4.69) is 0 Å². The van der Waals surface area contributed by atoms with Crippen LogP contribution in [0.5, 0.6) is 5.75 Å². The van der Waals surface area contributed by atoms with Crippen molar-refractivity contribution in [3.63, 3.8) is 0 Å². The van der Waals surface area contributed by atoms with E-state index in [-0.39, 0.29) is 39.9 Å². The van der Waals surface area contributed by atoms with Crippen LogP contribution in [0.2, 0.25) is 10.0 Å².